The first kappa shape index (κ1) is 24.4. The largest absolute Gasteiger partial charge is 0.495 e. The molecule has 4 rings (SSSR count). The van der Waals surface area contributed by atoms with Crippen molar-refractivity contribution in [1.82, 2.24) is 9.29 Å². The van der Waals surface area contributed by atoms with Gasteiger partial charge in [0, 0.05) is 30.8 Å². The van der Waals surface area contributed by atoms with Gasteiger partial charge in [-0.05, 0) is 42.0 Å². The van der Waals surface area contributed by atoms with Crippen molar-refractivity contribution in [3.63, 3.8) is 0 Å². The van der Waals surface area contributed by atoms with Crippen molar-refractivity contribution in [2.24, 2.45) is 0 Å². The van der Waals surface area contributed by atoms with Gasteiger partial charge in [0.2, 0.25) is 10.0 Å². The van der Waals surface area contributed by atoms with Gasteiger partial charge >= 0.3 is 0 Å². The maximum Gasteiger partial charge on any atom is 0.255 e. The van der Waals surface area contributed by atoms with Crippen LogP contribution in [0.5, 0.6) is 5.75 Å². The van der Waals surface area contributed by atoms with E-state index in [-0.39, 0.29) is 28.7 Å². The second-order valence-corrected chi connectivity index (χ2v) is 10.5. The van der Waals surface area contributed by atoms with Crippen LogP contribution in [-0.4, -0.2) is 37.8 Å². The zero-order valence-corrected chi connectivity index (χ0v) is 20.8. The molecule has 0 aliphatic heterocycles. The molecule has 0 radical (unpaired) electrons. The van der Waals surface area contributed by atoms with Gasteiger partial charge in [-0.1, -0.05) is 44.2 Å². The Kier molecular flexibility index (Phi) is 6.90. The van der Waals surface area contributed by atoms with Crippen molar-refractivity contribution < 1.29 is 22.4 Å². The smallest absolute Gasteiger partial charge is 0.255 e. The summed E-state index contributed by atoms with van der Waals surface area (Å²) < 4.78 is 38.9. The summed E-state index contributed by atoms with van der Waals surface area (Å²) in [6.45, 7) is 4.15. The maximum absolute atomic E-state index is 13.3. The predicted molar refractivity (Wildman–Crippen MR) is 134 cm³/mol. The molecule has 0 spiro atoms. The molecule has 0 aliphatic rings. The second kappa shape index (κ2) is 9.89. The summed E-state index contributed by atoms with van der Waals surface area (Å²) in [5.41, 5.74) is 2.81. The van der Waals surface area contributed by atoms with E-state index in [2.05, 4.69) is 10.3 Å². The SMILES string of the molecule is COc1ccc(C(=O)Nc2ccc3oc(C(C)C)nc3c2)cc1S(=O)(=O)N(C)Cc1ccccc1. The number of amides is 1. The van der Waals surface area contributed by atoms with E-state index in [0.29, 0.717) is 22.7 Å². The number of methoxy groups -OCH3 is 1. The Morgan fingerprint density at radius 2 is 1.83 bits per heavy atom. The van der Waals surface area contributed by atoms with E-state index in [1.165, 1.54) is 36.7 Å². The lowest BCUT2D eigenvalue weighted by molar-refractivity contribution is 0.102. The zero-order chi connectivity index (χ0) is 25.2. The number of carbonyl (C=O) groups is 1. The molecule has 1 aromatic heterocycles. The summed E-state index contributed by atoms with van der Waals surface area (Å²) >= 11 is 0. The lowest BCUT2D eigenvalue weighted by Crippen LogP contribution is -2.27. The van der Waals surface area contributed by atoms with E-state index < -0.39 is 15.9 Å². The van der Waals surface area contributed by atoms with Gasteiger partial charge < -0.3 is 14.5 Å². The molecule has 4 aromatic rings. The number of nitrogens with zero attached hydrogens (tertiary/aromatic N) is 2. The standard InChI is InChI=1S/C26H27N3O5S/c1-17(2)26-28-21-15-20(11-13-22(21)34-26)27-25(30)19-10-12-23(33-4)24(14-19)35(31,32)29(3)16-18-8-6-5-7-9-18/h5-15,17H,16H2,1-4H3,(H,27,30). The fraction of sp³-hybridized carbons (Fsp3) is 0.231. The van der Waals surface area contributed by atoms with Gasteiger partial charge in [-0.15, -0.1) is 0 Å². The van der Waals surface area contributed by atoms with Crippen molar-refractivity contribution in [3.05, 3.63) is 83.7 Å². The van der Waals surface area contributed by atoms with Crippen LogP contribution in [0.25, 0.3) is 11.1 Å². The number of hydrogen-bond donors (Lipinski definition) is 1. The molecule has 0 saturated carbocycles. The van der Waals surface area contributed by atoms with Gasteiger partial charge in [-0.2, -0.15) is 4.31 Å². The van der Waals surface area contributed by atoms with Crippen LogP contribution in [0.3, 0.4) is 0 Å². The van der Waals surface area contributed by atoms with Crippen molar-refractivity contribution in [2.75, 3.05) is 19.5 Å². The van der Waals surface area contributed by atoms with E-state index >= 15 is 0 Å². The molecule has 0 aliphatic carbocycles. The number of fused-ring (bicyclic) bond motifs is 1. The van der Waals surface area contributed by atoms with Gasteiger partial charge in [0.25, 0.3) is 5.91 Å². The number of hydrogen-bond acceptors (Lipinski definition) is 6. The zero-order valence-electron chi connectivity index (χ0n) is 20.0. The third-order valence-corrected chi connectivity index (χ3v) is 7.34. The van der Waals surface area contributed by atoms with Crippen LogP contribution < -0.4 is 10.1 Å². The highest BCUT2D eigenvalue weighted by atomic mass is 32.2. The van der Waals surface area contributed by atoms with Gasteiger partial charge in [0.05, 0.1) is 7.11 Å². The average Bonchev–Trinajstić information content (AvgIpc) is 3.28. The average molecular weight is 494 g/mol. The number of anilines is 1. The topological polar surface area (TPSA) is 102 Å². The fourth-order valence-electron chi connectivity index (χ4n) is 3.59. The maximum atomic E-state index is 13.3. The molecule has 1 N–H and O–H groups in total. The highest BCUT2D eigenvalue weighted by Gasteiger charge is 2.26. The van der Waals surface area contributed by atoms with Crippen molar-refractivity contribution in [3.8, 4) is 5.75 Å². The first-order chi connectivity index (χ1) is 16.7. The number of carbonyl (C=O) groups excluding carboxylic acids is 1. The lowest BCUT2D eigenvalue weighted by Gasteiger charge is -2.19. The summed E-state index contributed by atoms with van der Waals surface area (Å²) in [5, 5.41) is 2.80. The van der Waals surface area contributed by atoms with Crippen LogP contribution >= 0.6 is 0 Å². The minimum atomic E-state index is -3.94. The van der Waals surface area contributed by atoms with Crippen molar-refractivity contribution in [2.45, 2.75) is 31.2 Å². The Morgan fingerprint density at radius 3 is 2.51 bits per heavy atom. The normalized spacial score (nSPS) is 11.8. The van der Waals surface area contributed by atoms with Crippen LogP contribution in [0, 0.1) is 0 Å². The molecule has 1 heterocycles. The molecule has 1 amide bonds. The molecule has 9 heteroatoms. The molecule has 0 saturated heterocycles. The Balaban J connectivity index is 1.60. The van der Waals surface area contributed by atoms with Gasteiger partial charge in [0.1, 0.15) is 16.2 Å². The third-order valence-electron chi connectivity index (χ3n) is 5.52. The Bertz CT molecular complexity index is 1460. The second-order valence-electron chi connectivity index (χ2n) is 8.46. The summed E-state index contributed by atoms with van der Waals surface area (Å²) in [7, 11) is -1.05. The third kappa shape index (κ3) is 5.21. The Labute approximate surface area is 204 Å². The summed E-state index contributed by atoms with van der Waals surface area (Å²) in [5.74, 6) is 0.460. The van der Waals surface area contributed by atoms with E-state index in [1.807, 2.05) is 44.2 Å². The summed E-state index contributed by atoms with van der Waals surface area (Å²) in [6, 6.07) is 18.8. The van der Waals surface area contributed by atoms with Crippen LogP contribution in [0.4, 0.5) is 5.69 Å². The minimum absolute atomic E-state index is 0.0837. The van der Waals surface area contributed by atoms with E-state index in [0.717, 1.165) is 5.56 Å². The predicted octanol–water partition coefficient (Wildman–Crippen LogP) is 5.03. The Hall–Kier alpha value is -3.69. The number of sulfonamides is 1. The number of oxazole rings is 1. The minimum Gasteiger partial charge on any atom is -0.495 e. The van der Waals surface area contributed by atoms with Gasteiger partial charge in [0.15, 0.2) is 11.5 Å². The number of aromatic nitrogens is 1. The van der Waals surface area contributed by atoms with E-state index in [9.17, 15) is 13.2 Å². The molecule has 0 atom stereocenters. The molecule has 182 valence electrons. The fourth-order valence-corrected chi connectivity index (χ4v) is 4.92. The molecule has 35 heavy (non-hydrogen) atoms. The number of nitrogens with one attached hydrogen (secondary N) is 1. The molecule has 0 bridgehead atoms. The summed E-state index contributed by atoms with van der Waals surface area (Å²) in [6.07, 6.45) is 0. The molecule has 0 unspecified atom stereocenters. The van der Waals surface area contributed by atoms with Crippen LogP contribution in [0.1, 0.15) is 41.6 Å². The van der Waals surface area contributed by atoms with Gasteiger partial charge in [-0.3, -0.25) is 4.79 Å². The lowest BCUT2D eigenvalue weighted by atomic mass is 10.2. The molecule has 8 nitrogen and oxygen atoms in total. The first-order valence-electron chi connectivity index (χ1n) is 11.1. The van der Waals surface area contributed by atoms with Crippen LogP contribution in [0.15, 0.2) is 76.0 Å². The monoisotopic (exact) mass is 493 g/mol. The number of ether oxygens (including phenoxy) is 1. The summed E-state index contributed by atoms with van der Waals surface area (Å²) in [4.78, 5) is 17.4. The van der Waals surface area contributed by atoms with Crippen molar-refractivity contribution in [1.29, 1.82) is 0 Å². The Morgan fingerprint density at radius 1 is 1.09 bits per heavy atom. The first-order valence-corrected chi connectivity index (χ1v) is 12.5. The molecule has 0 fully saturated rings. The molecular formula is C26H27N3O5S. The molecule has 3 aromatic carbocycles. The number of rotatable bonds is 8. The molecular weight excluding hydrogens is 466 g/mol. The van der Waals surface area contributed by atoms with Crippen LogP contribution in [-0.2, 0) is 16.6 Å². The van der Waals surface area contributed by atoms with Crippen molar-refractivity contribution >= 4 is 32.7 Å². The highest BCUT2D eigenvalue weighted by Crippen LogP contribution is 2.29. The van der Waals surface area contributed by atoms with E-state index in [4.69, 9.17) is 9.15 Å². The number of benzene rings is 3. The van der Waals surface area contributed by atoms with E-state index in [1.54, 1.807) is 18.2 Å². The van der Waals surface area contributed by atoms with Crippen LogP contribution in [0.2, 0.25) is 0 Å². The van der Waals surface area contributed by atoms with Gasteiger partial charge in [-0.25, -0.2) is 13.4 Å². The quantitative estimate of drug-likeness (QED) is 0.369. The highest BCUT2D eigenvalue weighted by molar-refractivity contribution is 7.89.